The van der Waals surface area contributed by atoms with Gasteiger partial charge in [-0.3, -0.25) is 0 Å². The van der Waals surface area contributed by atoms with Crippen LogP contribution in [0.15, 0.2) is 6.33 Å². The van der Waals surface area contributed by atoms with E-state index in [4.69, 9.17) is 0 Å². The number of nitrogens with one attached hydrogen (secondary N) is 1. The number of rotatable bonds is 6. The molecular weight excluding hydrogens is 196 g/mol. The van der Waals surface area contributed by atoms with Gasteiger partial charge in [-0.05, 0) is 20.0 Å². The smallest absolute Gasteiger partial charge is 0.202 e. The molecule has 0 saturated heterocycles. The lowest BCUT2D eigenvalue weighted by molar-refractivity contribution is 0.295. The van der Waals surface area contributed by atoms with E-state index in [2.05, 4.69) is 40.3 Å². The van der Waals surface area contributed by atoms with E-state index in [0.29, 0.717) is 6.04 Å². The molecule has 1 N–H and O–H groups in total. The number of hydrogen-bond donors (Lipinski definition) is 1. The Hall–Kier alpha value is -0.680. The molecule has 5 heteroatoms. The Balaban J connectivity index is 2.31. The van der Waals surface area contributed by atoms with Crippen LogP contribution >= 0.6 is 11.5 Å². The minimum atomic E-state index is 0.419. The van der Waals surface area contributed by atoms with Crippen LogP contribution in [0.2, 0.25) is 0 Å². The molecule has 1 aromatic rings. The highest BCUT2D eigenvalue weighted by atomic mass is 32.1. The molecule has 1 unspecified atom stereocenters. The van der Waals surface area contributed by atoms with Gasteiger partial charge in [-0.1, -0.05) is 13.8 Å². The Morgan fingerprint density at radius 2 is 2.21 bits per heavy atom. The Bertz CT molecular complexity index is 233. The van der Waals surface area contributed by atoms with Crippen LogP contribution < -0.4 is 5.32 Å². The maximum Gasteiger partial charge on any atom is 0.202 e. The van der Waals surface area contributed by atoms with Crippen LogP contribution in [0.3, 0.4) is 0 Å². The first-order chi connectivity index (χ1) is 6.76. The van der Waals surface area contributed by atoms with Crippen molar-refractivity contribution >= 4 is 16.7 Å². The molecule has 0 aliphatic carbocycles. The molecule has 0 amide bonds. The van der Waals surface area contributed by atoms with E-state index in [1.54, 1.807) is 6.33 Å². The minimum Gasteiger partial charge on any atom is -0.357 e. The summed E-state index contributed by atoms with van der Waals surface area (Å²) in [7, 11) is 0. The van der Waals surface area contributed by atoms with Crippen LogP contribution in [-0.4, -0.2) is 39.9 Å². The fraction of sp³-hybridized carbons (Fsp3) is 0.778. The molecule has 0 aliphatic rings. The van der Waals surface area contributed by atoms with E-state index < -0.39 is 0 Å². The molecule has 0 saturated carbocycles. The van der Waals surface area contributed by atoms with Crippen LogP contribution in [-0.2, 0) is 0 Å². The van der Waals surface area contributed by atoms with E-state index >= 15 is 0 Å². The number of anilines is 1. The third-order valence-electron chi connectivity index (χ3n) is 2.16. The van der Waals surface area contributed by atoms with Gasteiger partial charge in [-0.25, -0.2) is 4.98 Å². The first-order valence-corrected chi connectivity index (χ1v) is 5.79. The first kappa shape index (κ1) is 11.4. The molecule has 0 bridgehead atoms. The van der Waals surface area contributed by atoms with Crippen molar-refractivity contribution in [1.29, 1.82) is 0 Å². The molecule has 1 heterocycles. The van der Waals surface area contributed by atoms with Crippen molar-refractivity contribution in [1.82, 2.24) is 14.3 Å². The summed E-state index contributed by atoms with van der Waals surface area (Å²) in [6, 6.07) is 0.419. The lowest BCUT2D eigenvalue weighted by Gasteiger charge is -2.22. The average molecular weight is 214 g/mol. The summed E-state index contributed by atoms with van der Waals surface area (Å²) in [5.41, 5.74) is 0. The Kier molecular flexibility index (Phi) is 4.82. The third-order valence-corrected chi connectivity index (χ3v) is 2.75. The maximum absolute atomic E-state index is 4.09. The van der Waals surface area contributed by atoms with Crippen molar-refractivity contribution in [3.63, 3.8) is 0 Å². The van der Waals surface area contributed by atoms with Gasteiger partial charge in [0.15, 0.2) is 0 Å². The van der Waals surface area contributed by atoms with Gasteiger partial charge in [0.2, 0.25) is 5.13 Å². The summed E-state index contributed by atoms with van der Waals surface area (Å²) in [6.07, 6.45) is 1.58. The van der Waals surface area contributed by atoms with Crippen molar-refractivity contribution in [2.45, 2.75) is 26.8 Å². The highest BCUT2D eigenvalue weighted by Crippen LogP contribution is 2.08. The normalized spacial score (nSPS) is 13.1. The van der Waals surface area contributed by atoms with Crippen LogP contribution in [0.1, 0.15) is 20.8 Å². The average Bonchev–Trinajstić information content (AvgIpc) is 2.66. The highest BCUT2D eigenvalue weighted by Gasteiger charge is 2.07. The van der Waals surface area contributed by atoms with Gasteiger partial charge >= 0.3 is 0 Å². The molecular formula is C9H18N4S. The SMILES string of the molecule is CCN(CC)CC(C)Nc1ncns1. The number of aromatic nitrogens is 2. The number of hydrogen-bond acceptors (Lipinski definition) is 5. The van der Waals surface area contributed by atoms with E-state index in [1.165, 1.54) is 11.5 Å². The van der Waals surface area contributed by atoms with Crippen molar-refractivity contribution < 1.29 is 0 Å². The number of likely N-dealkylation sites (N-methyl/N-ethyl adjacent to an activating group) is 1. The van der Waals surface area contributed by atoms with E-state index in [0.717, 1.165) is 24.8 Å². The predicted molar refractivity (Wildman–Crippen MR) is 60.8 cm³/mol. The summed E-state index contributed by atoms with van der Waals surface area (Å²) in [4.78, 5) is 6.48. The van der Waals surface area contributed by atoms with E-state index in [1.807, 2.05) is 0 Å². The second-order valence-corrected chi connectivity index (χ2v) is 4.06. The Labute approximate surface area is 89.5 Å². The second kappa shape index (κ2) is 5.93. The summed E-state index contributed by atoms with van der Waals surface area (Å²) >= 11 is 1.40. The molecule has 1 rings (SSSR count). The van der Waals surface area contributed by atoms with E-state index in [-0.39, 0.29) is 0 Å². The van der Waals surface area contributed by atoms with Crippen molar-refractivity contribution in [3.8, 4) is 0 Å². The van der Waals surface area contributed by atoms with Crippen LogP contribution in [0, 0.1) is 0 Å². The molecule has 0 radical (unpaired) electrons. The van der Waals surface area contributed by atoms with Crippen molar-refractivity contribution in [2.75, 3.05) is 25.0 Å². The van der Waals surface area contributed by atoms with Gasteiger partial charge < -0.3 is 10.2 Å². The van der Waals surface area contributed by atoms with Crippen molar-refractivity contribution in [2.24, 2.45) is 0 Å². The summed E-state index contributed by atoms with van der Waals surface area (Å²) in [6.45, 7) is 9.77. The zero-order valence-electron chi connectivity index (χ0n) is 9.03. The van der Waals surface area contributed by atoms with Gasteiger partial charge in [-0.2, -0.15) is 4.37 Å². The summed E-state index contributed by atoms with van der Waals surface area (Å²) in [5, 5.41) is 4.23. The standard InChI is InChI=1S/C9H18N4S/c1-4-13(5-2)6-8(3)12-9-10-7-11-14-9/h7-8H,4-6H2,1-3H3,(H,10,11,12). The summed E-state index contributed by atoms with van der Waals surface area (Å²) in [5.74, 6) is 0. The van der Waals surface area contributed by atoms with Crippen molar-refractivity contribution in [3.05, 3.63) is 6.33 Å². The van der Waals surface area contributed by atoms with Crippen LogP contribution in [0.5, 0.6) is 0 Å². The zero-order valence-corrected chi connectivity index (χ0v) is 9.84. The Morgan fingerprint density at radius 3 is 2.71 bits per heavy atom. The van der Waals surface area contributed by atoms with Gasteiger partial charge in [0.25, 0.3) is 0 Å². The predicted octanol–water partition coefficient (Wildman–Crippen LogP) is 1.68. The van der Waals surface area contributed by atoms with Gasteiger partial charge in [0, 0.05) is 24.1 Å². The van der Waals surface area contributed by atoms with Gasteiger partial charge in [0.05, 0.1) is 0 Å². The van der Waals surface area contributed by atoms with Crippen LogP contribution in [0.25, 0.3) is 0 Å². The molecule has 1 atom stereocenters. The molecule has 0 spiro atoms. The maximum atomic E-state index is 4.09. The lowest BCUT2D eigenvalue weighted by atomic mass is 10.3. The molecule has 4 nitrogen and oxygen atoms in total. The molecule has 0 aromatic carbocycles. The number of nitrogens with zero attached hydrogens (tertiary/aromatic N) is 3. The fourth-order valence-electron chi connectivity index (χ4n) is 1.36. The van der Waals surface area contributed by atoms with Crippen LogP contribution in [0.4, 0.5) is 5.13 Å². The third kappa shape index (κ3) is 3.59. The Morgan fingerprint density at radius 1 is 1.50 bits per heavy atom. The topological polar surface area (TPSA) is 41.0 Å². The highest BCUT2D eigenvalue weighted by molar-refractivity contribution is 7.09. The summed E-state index contributed by atoms with van der Waals surface area (Å²) < 4.78 is 3.95. The minimum absolute atomic E-state index is 0.419. The fourth-order valence-corrected chi connectivity index (χ4v) is 1.90. The monoisotopic (exact) mass is 214 g/mol. The van der Waals surface area contributed by atoms with Gasteiger partial charge in [-0.15, -0.1) is 0 Å². The quantitative estimate of drug-likeness (QED) is 0.782. The molecule has 14 heavy (non-hydrogen) atoms. The molecule has 0 aliphatic heterocycles. The molecule has 0 fully saturated rings. The van der Waals surface area contributed by atoms with E-state index in [9.17, 15) is 0 Å². The lowest BCUT2D eigenvalue weighted by Crippen LogP contribution is -2.34. The first-order valence-electron chi connectivity index (χ1n) is 5.01. The zero-order chi connectivity index (χ0) is 10.4. The van der Waals surface area contributed by atoms with Gasteiger partial charge in [0.1, 0.15) is 6.33 Å². The largest absolute Gasteiger partial charge is 0.357 e. The molecule has 80 valence electrons. The molecule has 1 aromatic heterocycles. The second-order valence-electron chi connectivity index (χ2n) is 3.28.